The fourth-order valence-electron chi connectivity index (χ4n) is 10.3. The van der Waals surface area contributed by atoms with Gasteiger partial charge in [-0.15, -0.1) is 0 Å². The molecule has 2 aromatic heterocycles. The number of rotatable bonds is 5. The van der Waals surface area contributed by atoms with Crippen molar-refractivity contribution >= 4 is 39.0 Å². The molecule has 13 rings (SSSR count). The Bertz CT molecular complexity index is 3480. The molecule has 0 saturated heterocycles. The molecule has 0 amide bonds. The normalized spacial score (nSPS) is 13.2. The number of nitrogens with zero attached hydrogens (tertiary/aromatic N) is 4. The van der Waals surface area contributed by atoms with E-state index in [2.05, 4.69) is 150 Å². The van der Waals surface area contributed by atoms with Gasteiger partial charge in [0.05, 0.1) is 16.8 Å². The first-order chi connectivity index (χ1) is 31.2. The van der Waals surface area contributed by atoms with Crippen molar-refractivity contribution in [2.45, 2.75) is 5.41 Å². The number of hydrogen-bond acceptors (Lipinski definition) is 5. The van der Waals surface area contributed by atoms with Crippen molar-refractivity contribution in [1.82, 2.24) is 15.0 Å². The predicted octanol–water partition coefficient (Wildman–Crippen LogP) is 14.6. The van der Waals surface area contributed by atoms with E-state index in [0.29, 0.717) is 17.5 Å². The average molecular weight is 805 g/mol. The topological polar surface area (TPSA) is 55.1 Å². The van der Waals surface area contributed by atoms with Crippen molar-refractivity contribution in [3.8, 4) is 56.4 Å². The van der Waals surface area contributed by atoms with Gasteiger partial charge in [0.1, 0.15) is 11.2 Å². The molecule has 0 N–H and O–H groups in total. The second-order valence-corrected chi connectivity index (χ2v) is 16.3. The minimum atomic E-state index is -0.550. The van der Waals surface area contributed by atoms with Gasteiger partial charge >= 0.3 is 0 Å². The number of aromatic nitrogens is 3. The van der Waals surface area contributed by atoms with Crippen LogP contribution in [0.15, 0.2) is 223 Å². The van der Waals surface area contributed by atoms with Crippen LogP contribution in [0.5, 0.6) is 0 Å². The lowest BCUT2D eigenvalue weighted by molar-refractivity contribution is 0.669. The molecular formula is C58H36N4O. The highest BCUT2D eigenvalue weighted by atomic mass is 16.3. The van der Waals surface area contributed by atoms with Crippen LogP contribution in [-0.4, -0.2) is 15.0 Å². The van der Waals surface area contributed by atoms with Gasteiger partial charge in [-0.1, -0.05) is 176 Å². The highest BCUT2D eigenvalue weighted by molar-refractivity contribution is 6.13. The Kier molecular flexibility index (Phi) is 7.75. The molecule has 63 heavy (non-hydrogen) atoms. The number of hydrogen-bond donors (Lipinski definition) is 0. The average Bonchev–Trinajstić information content (AvgIpc) is 3.88. The molecule has 0 saturated carbocycles. The van der Waals surface area contributed by atoms with E-state index in [1.165, 1.54) is 44.5 Å². The Morgan fingerprint density at radius 2 is 0.889 bits per heavy atom. The second-order valence-electron chi connectivity index (χ2n) is 16.3. The third-order valence-corrected chi connectivity index (χ3v) is 12.9. The van der Waals surface area contributed by atoms with Crippen molar-refractivity contribution in [3.05, 3.63) is 241 Å². The van der Waals surface area contributed by atoms with Crippen molar-refractivity contribution in [1.29, 1.82) is 0 Å². The van der Waals surface area contributed by atoms with Crippen LogP contribution in [0.4, 0.5) is 17.1 Å². The van der Waals surface area contributed by atoms with Crippen LogP contribution >= 0.6 is 0 Å². The Hall–Kier alpha value is -8.41. The van der Waals surface area contributed by atoms with Gasteiger partial charge in [0.15, 0.2) is 17.5 Å². The van der Waals surface area contributed by atoms with E-state index >= 15 is 0 Å². The zero-order chi connectivity index (χ0) is 41.5. The Labute approximate surface area is 364 Å². The monoisotopic (exact) mass is 804 g/mol. The summed E-state index contributed by atoms with van der Waals surface area (Å²) < 4.78 is 6.65. The van der Waals surface area contributed by atoms with Gasteiger partial charge in [0.25, 0.3) is 0 Å². The third-order valence-electron chi connectivity index (χ3n) is 12.9. The van der Waals surface area contributed by atoms with Crippen LogP contribution in [-0.2, 0) is 5.41 Å². The fraction of sp³-hybridized carbons (Fsp3) is 0.0172. The third kappa shape index (κ3) is 5.27. The number of benzene rings is 9. The number of fused-ring (bicyclic) bond motifs is 12. The van der Waals surface area contributed by atoms with Gasteiger partial charge in [-0.05, 0) is 87.0 Å². The molecule has 2 aliphatic rings. The van der Waals surface area contributed by atoms with Gasteiger partial charge in [-0.25, -0.2) is 15.0 Å². The summed E-state index contributed by atoms with van der Waals surface area (Å²) in [6.45, 7) is 0. The summed E-state index contributed by atoms with van der Waals surface area (Å²) in [4.78, 5) is 17.7. The zero-order valence-electron chi connectivity index (χ0n) is 34.0. The maximum Gasteiger partial charge on any atom is 0.164 e. The summed E-state index contributed by atoms with van der Waals surface area (Å²) in [5, 5.41) is 1.94. The molecule has 0 radical (unpaired) electrons. The van der Waals surface area contributed by atoms with Crippen molar-refractivity contribution < 1.29 is 4.42 Å². The lowest BCUT2D eigenvalue weighted by atomic mass is 9.64. The molecule has 5 heteroatoms. The lowest BCUT2D eigenvalue weighted by Gasteiger charge is -2.45. The molecule has 5 nitrogen and oxygen atoms in total. The summed E-state index contributed by atoms with van der Waals surface area (Å²) in [5.74, 6) is 1.82. The molecule has 9 aromatic carbocycles. The van der Waals surface area contributed by atoms with Crippen LogP contribution in [0.2, 0.25) is 0 Å². The molecule has 294 valence electrons. The van der Waals surface area contributed by atoms with Gasteiger partial charge in [-0.2, -0.15) is 0 Å². The maximum absolute atomic E-state index is 6.65. The molecule has 0 bridgehead atoms. The Morgan fingerprint density at radius 3 is 1.56 bits per heavy atom. The molecule has 0 atom stereocenters. The summed E-state index contributed by atoms with van der Waals surface area (Å²) in [6, 6.07) is 77.6. The van der Waals surface area contributed by atoms with Gasteiger partial charge in [-0.3, -0.25) is 0 Å². The van der Waals surface area contributed by atoms with E-state index in [1.54, 1.807) is 0 Å². The Morgan fingerprint density at radius 1 is 0.349 bits per heavy atom. The zero-order valence-corrected chi connectivity index (χ0v) is 34.0. The van der Waals surface area contributed by atoms with E-state index in [-0.39, 0.29) is 0 Å². The minimum Gasteiger partial charge on any atom is -0.456 e. The quantitative estimate of drug-likeness (QED) is 0.173. The SMILES string of the molecule is c1ccc(-c2ccc3c(c2)C2(c4ccccc4-c4ccccc42)c2ccccc2N3c2ccc3oc4cccc(-c5nc(-c6ccccc6)nc(-c6ccccc6)n5)c4c3c2)cc1. The molecule has 0 unspecified atom stereocenters. The summed E-state index contributed by atoms with van der Waals surface area (Å²) >= 11 is 0. The number of anilines is 3. The lowest BCUT2D eigenvalue weighted by Crippen LogP contribution is -2.36. The van der Waals surface area contributed by atoms with Crippen molar-refractivity contribution in [3.63, 3.8) is 0 Å². The van der Waals surface area contributed by atoms with Crippen molar-refractivity contribution in [2.75, 3.05) is 4.90 Å². The fourth-order valence-corrected chi connectivity index (χ4v) is 10.3. The van der Waals surface area contributed by atoms with Gasteiger partial charge in [0, 0.05) is 33.2 Å². The smallest absolute Gasteiger partial charge is 0.164 e. The van der Waals surface area contributed by atoms with E-state index in [0.717, 1.165) is 55.7 Å². The van der Waals surface area contributed by atoms with E-state index < -0.39 is 5.41 Å². The highest BCUT2D eigenvalue weighted by Crippen LogP contribution is 2.63. The van der Waals surface area contributed by atoms with Crippen molar-refractivity contribution in [2.24, 2.45) is 0 Å². The van der Waals surface area contributed by atoms with Gasteiger partial charge < -0.3 is 9.32 Å². The maximum atomic E-state index is 6.65. The largest absolute Gasteiger partial charge is 0.456 e. The molecule has 1 aliphatic carbocycles. The van der Waals surface area contributed by atoms with Crippen LogP contribution in [0.25, 0.3) is 78.4 Å². The molecule has 3 heterocycles. The first-order valence-electron chi connectivity index (χ1n) is 21.4. The second kappa shape index (κ2) is 13.8. The molecule has 0 fully saturated rings. The summed E-state index contributed by atoms with van der Waals surface area (Å²) in [7, 11) is 0. The minimum absolute atomic E-state index is 0.550. The van der Waals surface area contributed by atoms with Crippen LogP contribution in [0, 0.1) is 0 Å². The molecule has 11 aromatic rings. The predicted molar refractivity (Wildman–Crippen MR) is 254 cm³/mol. The van der Waals surface area contributed by atoms with E-state index in [4.69, 9.17) is 19.4 Å². The first kappa shape index (κ1) is 35.4. The summed E-state index contributed by atoms with van der Waals surface area (Å²) in [5.41, 5.74) is 17.0. The highest BCUT2D eigenvalue weighted by Gasteiger charge is 2.51. The van der Waals surface area contributed by atoms with Crippen LogP contribution in [0.3, 0.4) is 0 Å². The van der Waals surface area contributed by atoms with E-state index in [9.17, 15) is 0 Å². The number of furan rings is 1. The standard InChI is InChI=1S/C58H36N4O/c1-4-17-37(18-5-1)40-31-33-51-49(35-40)58(46-26-12-10-23-42(46)43-24-11-13-27-47(43)58)48-28-14-15-29-50(48)62(51)41-32-34-52-45(36-41)54-44(25-16-30-53(54)63-52)57-60-55(38-19-6-2-7-20-38)59-56(61-57)39-21-8-3-9-22-39/h1-36H. The number of para-hydroxylation sites is 1. The molecule has 1 spiro atoms. The molecular weight excluding hydrogens is 769 g/mol. The summed E-state index contributed by atoms with van der Waals surface area (Å²) in [6.07, 6.45) is 0. The van der Waals surface area contributed by atoms with Crippen LogP contribution < -0.4 is 4.90 Å². The first-order valence-corrected chi connectivity index (χ1v) is 21.4. The van der Waals surface area contributed by atoms with E-state index in [1.807, 2.05) is 72.8 Å². The van der Waals surface area contributed by atoms with Crippen LogP contribution in [0.1, 0.15) is 22.3 Å². The molecule has 1 aliphatic heterocycles. The Balaban J connectivity index is 1.06. The van der Waals surface area contributed by atoms with Gasteiger partial charge in [0.2, 0.25) is 0 Å².